The van der Waals surface area contributed by atoms with Gasteiger partial charge in [0.05, 0.1) is 16.9 Å². The summed E-state index contributed by atoms with van der Waals surface area (Å²) in [4.78, 5) is 19.3. The number of anilines is 2. The van der Waals surface area contributed by atoms with Crippen LogP contribution in [-0.2, 0) is 0 Å². The number of nitrogens with one attached hydrogen (secondary N) is 2. The molecule has 8 heteroatoms. The minimum atomic E-state index is -2.89. The molecule has 0 saturated heterocycles. The molecule has 2 N–H and O–H groups in total. The lowest BCUT2D eigenvalue weighted by atomic mass is 10.2. The molecule has 1 aliphatic rings. The maximum atomic E-state index is 13.4. The van der Waals surface area contributed by atoms with E-state index in [0.29, 0.717) is 11.4 Å². The SMILES string of the molecule is O=C(Nc1ccc(F)cc1NC1CC1)c1cncnc1C(F)F. The van der Waals surface area contributed by atoms with Crippen molar-refractivity contribution in [2.75, 3.05) is 10.6 Å². The van der Waals surface area contributed by atoms with Gasteiger partial charge < -0.3 is 10.6 Å². The minimum Gasteiger partial charge on any atom is -0.381 e. The number of alkyl halides is 2. The molecule has 2 aromatic rings. The van der Waals surface area contributed by atoms with E-state index in [9.17, 15) is 18.0 Å². The van der Waals surface area contributed by atoms with E-state index in [4.69, 9.17) is 0 Å². The molecule has 1 fully saturated rings. The highest BCUT2D eigenvalue weighted by molar-refractivity contribution is 6.06. The zero-order valence-corrected chi connectivity index (χ0v) is 11.9. The Labute approximate surface area is 130 Å². The number of hydrogen-bond acceptors (Lipinski definition) is 4. The molecule has 0 bridgehead atoms. The Morgan fingerprint density at radius 1 is 1.26 bits per heavy atom. The molecule has 1 heterocycles. The van der Waals surface area contributed by atoms with Crippen LogP contribution in [0.2, 0.25) is 0 Å². The van der Waals surface area contributed by atoms with Gasteiger partial charge in [0.25, 0.3) is 12.3 Å². The maximum Gasteiger partial charge on any atom is 0.281 e. The van der Waals surface area contributed by atoms with Crippen molar-refractivity contribution in [1.82, 2.24) is 9.97 Å². The average molecular weight is 322 g/mol. The van der Waals surface area contributed by atoms with E-state index in [2.05, 4.69) is 20.6 Å². The highest BCUT2D eigenvalue weighted by Gasteiger charge is 2.24. The molecule has 0 spiro atoms. The topological polar surface area (TPSA) is 66.9 Å². The monoisotopic (exact) mass is 322 g/mol. The molecule has 0 unspecified atom stereocenters. The minimum absolute atomic E-state index is 0.240. The summed E-state index contributed by atoms with van der Waals surface area (Å²) in [6.07, 6.45) is 1.02. The van der Waals surface area contributed by atoms with Gasteiger partial charge in [0, 0.05) is 12.2 Å². The van der Waals surface area contributed by atoms with Crippen molar-refractivity contribution in [2.45, 2.75) is 25.3 Å². The Balaban J connectivity index is 1.85. The Kier molecular flexibility index (Phi) is 4.14. The van der Waals surface area contributed by atoms with E-state index in [1.54, 1.807) is 0 Å². The van der Waals surface area contributed by atoms with Crippen LogP contribution in [0.25, 0.3) is 0 Å². The molecule has 120 valence electrons. The molecule has 23 heavy (non-hydrogen) atoms. The average Bonchev–Trinajstić information content (AvgIpc) is 3.34. The number of aromatic nitrogens is 2. The van der Waals surface area contributed by atoms with Crippen LogP contribution in [0.5, 0.6) is 0 Å². The molecule has 1 saturated carbocycles. The molecule has 0 atom stereocenters. The first kappa shape index (κ1) is 15.3. The summed E-state index contributed by atoms with van der Waals surface area (Å²) < 4.78 is 39.2. The highest BCUT2D eigenvalue weighted by Crippen LogP contribution is 2.30. The molecule has 1 amide bonds. The van der Waals surface area contributed by atoms with E-state index in [1.807, 2.05) is 0 Å². The number of rotatable bonds is 5. The molecule has 0 aliphatic heterocycles. The first-order chi connectivity index (χ1) is 11.0. The summed E-state index contributed by atoms with van der Waals surface area (Å²) in [6, 6.07) is 4.06. The lowest BCUT2D eigenvalue weighted by Crippen LogP contribution is -2.17. The van der Waals surface area contributed by atoms with Gasteiger partial charge in [-0.25, -0.2) is 23.1 Å². The number of amides is 1. The van der Waals surface area contributed by atoms with Crippen molar-refractivity contribution in [3.8, 4) is 0 Å². The zero-order chi connectivity index (χ0) is 16.4. The normalized spacial score (nSPS) is 13.9. The quantitative estimate of drug-likeness (QED) is 0.885. The lowest BCUT2D eigenvalue weighted by Gasteiger charge is -2.13. The summed E-state index contributed by atoms with van der Waals surface area (Å²) in [5.74, 6) is -1.23. The fourth-order valence-electron chi connectivity index (χ4n) is 2.07. The van der Waals surface area contributed by atoms with Gasteiger partial charge in [0.15, 0.2) is 0 Å². The third kappa shape index (κ3) is 3.58. The van der Waals surface area contributed by atoms with E-state index >= 15 is 0 Å². The molecule has 1 aliphatic carbocycles. The fraction of sp³-hybridized carbons (Fsp3) is 0.267. The molecular formula is C15H13F3N4O. The van der Waals surface area contributed by atoms with Crippen molar-refractivity contribution in [3.63, 3.8) is 0 Å². The van der Waals surface area contributed by atoms with Crippen LogP contribution >= 0.6 is 0 Å². The summed E-state index contributed by atoms with van der Waals surface area (Å²) in [6.45, 7) is 0. The smallest absolute Gasteiger partial charge is 0.281 e. The predicted octanol–water partition coefficient (Wildman–Crippen LogP) is 3.38. The van der Waals surface area contributed by atoms with Crippen LogP contribution in [0.1, 0.15) is 35.3 Å². The van der Waals surface area contributed by atoms with Crippen molar-refractivity contribution < 1.29 is 18.0 Å². The van der Waals surface area contributed by atoms with Crippen LogP contribution in [-0.4, -0.2) is 21.9 Å². The van der Waals surface area contributed by atoms with E-state index < -0.39 is 23.8 Å². The zero-order valence-electron chi connectivity index (χ0n) is 11.9. The van der Waals surface area contributed by atoms with Gasteiger partial charge in [-0.3, -0.25) is 4.79 Å². The van der Waals surface area contributed by atoms with Crippen molar-refractivity contribution in [3.05, 3.63) is 47.8 Å². The van der Waals surface area contributed by atoms with Gasteiger partial charge >= 0.3 is 0 Å². The molecule has 5 nitrogen and oxygen atoms in total. The summed E-state index contributed by atoms with van der Waals surface area (Å²) in [7, 11) is 0. The Bertz CT molecular complexity index is 734. The van der Waals surface area contributed by atoms with Gasteiger partial charge in [-0.2, -0.15) is 0 Å². The van der Waals surface area contributed by atoms with Crippen molar-refractivity contribution in [2.24, 2.45) is 0 Å². The van der Waals surface area contributed by atoms with Crippen LogP contribution < -0.4 is 10.6 Å². The fourth-order valence-corrected chi connectivity index (χ4v) is 2.07. The number of carbonyl (C=O) groups excluding carboxylic acids is 1. The lowest BCUT2D eigenvalue weighted by molar-refractivity contribution is 0.100. The Morgan fingerprint density at radius 3 is 2.74 bits per heavy atom. The first-order valence-electron chi connectivity index (χ1n) is 7.00. The predicted molar refractivity (Wildman–Crippen MR) is 78.0 cm³/mol. The van der Waals surface area contributed by atoms with Gasteiger partial charge in [0.2, 0.25) is 0 Å². The molecule has 1 aromatic heterocycles. The van der Waals surface area contributed by atoms with Crippen LogP contribution in [0.4, 0.5) is 24.5 Å². The Hall–Kier alpha value is -2.64. The number of carbonyl (C=O) groups is 1. The van der Waals surface area contributed by atoms with Gasteiger partial charge in [-0.1, -0.05) is 0 Å². The van der Waals surface area contributed by atoms with Gasteiger partial charge in [0.1, 0.15) is 17.8 Å². The second kappa shape index (κ2) is 6.23. The molecule has 0 radical (unpaired) electrons. The number of hydrogen-bond donors (Lipinski definition) is 2. The Morgan fingerprint density at radius 2 is 2.04 bits per heavy atom. The number of nitrogens with zero attached hydrogens (tertiary/aromatic N) is 2. The van der Waals surface area contributed by atoms with E-state index in [-0.39, 0.29) is 11.6 Å². The van der Waals surface area contributed by atoms with E-state index in [1.165, 1.54) is 18.2 Å². The second-order valence-electron chi connectivity index (χ2n) is 5.18. The van der Waals surface area contributed by atoms with Crippen LogP contribution in [0, 0.1) is 5.82 Å². The summed E-state index contributed by atoms with van der Waals surface area (Å²) >= 11 is 0. The largest absolute Gasteiger partial charge is 0.381 e. The third-order valence-electron chi connectivity index (χ3n) is 3.36. The first-order valence-corrected chi connectivity index (χ1v) is 7.00. The summed E-state index contributed by atoms with van der Waals surface area (Å²) in [5.41, 5.74) is -0.232. The molecule has 3 rings (SSSR count). The van der Waals surface area contributed by atoms with Crippen molar-refractivity contribution in [1.29, 1.82) is 0 Å². The van der Waals surface area contributed by atoms with Crippen molar-refractivity contribution >= 4 is 17.3 Å². The molecule has 1 aromatic carbocycles. The molecular weight excluding hydrogens is 309 g/mol. The highest BCUT2D eigenvalue weighted by atomic mass is 19.3. The van der Waals surface area contributed by atoms with Gasteiger partial charge in [-0.05, 0) is 31.0 Å². The van der Waals surface area contributed by atoms with Gasteiger partial charge in [-0.15, -0.1) is 0 Å². The van der Waals surface area contributed by atoms with Crippen LogP contribution in [0.15, 0.2) is 30.7 Å². The third-order valence-corrected chi connectivity index (χ3v) is 3.36. The number of halogens is 3. The maximum absolute atomic E-state index is 13.4. The number of benzene rings is 1. The second-order valence-corrected chi connectivity index (χ2v) is 5.18. The van der Waals surface area contributed by atoms with Crippen LogP contribution in [0.3, 0.4) is 0 Å². The summed E-state index contributed by atoms with van der Waals surface area (Å²) in [5, 5.41) is 5.59. The standard InChI is InChI=1S/C15H13F3N4O/c16-8-1-4-11(12(5-8)21-9-2-3-9)22-15(23)10-6-19-7-20-13(10)14(17)18/h1,4-7,9,14,21H,2-3H2,(H,22,23). The van der Waals surface area contributed by atoms with E-state index in [0.717, 1.165) is 25.4 Å².